The molecule has 0 rings (SSSR count). The van der Waals surface area contributed by atoms with Gasteiger partial charge in [0.05, 0.1) is 13.2 Å². The molecular weight excluding hydrogens is 673 g/mol. The maximum Gasteiger partial charge on any atom is 0.472 e. The van der Waals surface area contributed by atoms with Crippen molar-refractivity contribution in [1.82, 2.24) is 0 Å². The van der Waals surface area contributed by atoms with Crippen molar-refractivity contribution in [2.45, 2.75) is 244 Å². The van der Waals surface area contributed by atoms with Crippen molar-refractivity contribution >= 4 is 13.8 Å². The number of hydrogen-bond donors (Lipinski definition) is 3. The standard InChI is InChI=1S/C43H88NO7P/c1-2-3-4-5-6-7-8-9-10-11-12-13-14-15-16-17-18-19-20-21-22-23-24-25-26-27-28-29-30-31-32-33-34-35-36-37-43(46)49-40-42(45)41-51-52(47,48)50-39-38-44/h42,45H,2-41,44H2,1H3,(H,47,48). The Morgan fingerprint density at radius 1 is 0.500 bits per heavy atom. The van der Waals surface area contributed by atoms with Crippen LogP contribution >= 0.6 is 7.82 Å². The molecule has 0 aliphatic rings. The molecule has 0 fully saturated rings. The average Bonchev–Trinajstić information content (AvgIpc) is 3.14. The minimum atomic E-state index is -4.25. The van der Waals surface area contributed by atoms with Crippen LogP contribution in [0.1, 0.15) is 238 Å². The lowest BCUT2D eigenvalue weighted by atomic mass is 10.0. The van der Waals surface area contributed by atoms with Crippen molar-refractivity contribution in [3.05, 3.63) is 0 Å². The number of ether oxygens (including phenoxy) is 1. The van der Waals surface area contributed by atoms with Crippen LogP contribution in [0.5, 0.6) is 0 Å². The van der Waals surface area contributed by atoms with E-state index in [4.69, 9.17) is 10.5 Å². The molecule has 0 heterocycles. The van der Waals surface area contributed by atoms with Crippen LogP contribution in [0.4, 0.5) is 0 Å². The molecule has 4 N–H and O–H groups in total. The van der Waals surface area contributed by atoms with E-state index in [9.17, 15) is 19.4 Å². The number of phosphoric acid groups is 1. The summed E-state index contributed by atoms with van der Waals surface area (Å²) >= 11 is 0. The van der Waals surface area contributed by atoms with E-state index in [1.807, 2.05) is 0 Å². The molecule has 9 heteroatoms. The highest BCUT2D eigenvalue weighted by molar-refractivity contribution is 7.47. The van der Waals surface area contributed by atoms with Crippen LogP contribution in [-0.2, 0) is 23.1 Å². The maximum absolute atomic E-state index is 11.9. The van der Waals surface area contributed by atoms with Crippen LogP contribution in [0.15, 0.2) is 0 Å². The first-order chi connectivity index (χ1) is 25.4. The second-order valence-corrected chi connectivity index (χ2v) is 16.9. The average molecular weight is 762 g/mol. The number of hydrogen-bond acceptors (Lipinski definition) is 7. The Labute approximate surface area is 322 Å². The van der Waals surface area contributed by atoms with Gasteiger partial charge in [-0.1, -0.05) is 225 Å². The fourth-order valence-electron chi connectivity index (χ4n) is 6.87. The van der Waals surface area contributed by atoms with E-state index < -0.39 is 20.5 Å². The molecule has 2 unspecified atom stereocenters. The third-order valence-corrected chi connectivity index (χ3v) is 11.2. The predicted octanol–water partition coefficient (Wildman–Crippen LogP) is 13.0. The van der Waals surface area contributed by atoms with Crippen molar-refractivity contribution in [3.63, 3.8) is 0 Å². The lowest BCUT2D eigenvalue weighted by molar-refractivity contribution is -0.147. The number of unbranched alkanes of at least 4 members (excludes halogenated alkanes) is 34. The van der Waals surface area contributed by atoms with Crippen LogP contribution < -0.4 is 5.73 Å². The number of aliphatic hydroxyl groups excluding tert-OH is 1. The van der Waals surface area contributed by atoms with Crippen molar-refractivity contribution < 1.29 is 33.1 Å². The summed E-state index contributed by atoms with van der Waals surface area (Å²) in [4.78, 5) is 21.2. The number of carbonyl (C=O) groups is 1. The maximum atomic E-state index is 11.9. The van der Waals surface area contributed by atoms with Gasteiger partial charge in [-0.2, -0.15) is 0 Å². The van der Waals surface area contributed by atoms with Crippen molar-refractivity contribution in [3.8, 4) is 0 Å². The summed E-state index contributed by atoms with van der Waals surface area (Å²) in [5, 5.41) is 9.77. The van der Waals surface area contributed by atoms with Gasteiger partial charge in [0, 0.05) is 13.0 Å². The first kappa shape index (κ1) is 51.5. The second-order valence-electron chi connectivity index (χ2n) is 15.5. The van der Waals surface area contributed by atoms with Crippen LogP contribution in [0.3, 0.4) is 0 Å². The number of nitrogens with two attached hydrogens (primary N) is 1. The fourth-order valence-corrected chi connectivity index (χ4v) is 7.64. The Bertz CT molecular complexity index is 772. The first-order valence-electron chi connectivity index (χ1n) is 22.6. The van der Waals surface area contributed by atoms with Gasteiger partial charge in [-0.25, -0.2) is 4.57 Å². The summed E-state index contributed by atoms with van der Waals surface area (Å²) in [6.45, 7) is 1.50. The van der Waals surface area contributed by atoms with Gasteiger partial charge in [0.2, 0.25) is 0 Å². The number of carbonyl (C=O) groups excluding carboxylic acids is 1. The molecule has 0 aromatic rings. The predicted molar refractivity (Wildman–Crippen MR) is 220 cm³/mol. The van der Waals surface area contributed by atoms with E-state index in [1.54, 1.807) is 0 Å². The summed E-state index contributed by atoms with van der Waals surface area (Å²) in [5.41, 5.74) is 5.20. The lowest BCUT2D eigenvalue weighted by Gasteiger charge is -2.15. The number of esters is 1. The number of aliphatic hydroxyl groups is 1. The molecule has 2 atom stereocenters. The zero-order chi connectivity index (χ0) is 38.1. The molecule has 0 aromatic carbocycles. The summed E-state index contributed by atoms with van der Waals surface area (Å²) in [5.74, 6) is -0.378. The molecule has 0 saturated carbocycles. The van der Waals surface area contributed by atoms with E-state index in [-0.39, 0.29) is 25.7 Å². The summed E-state index contributed by atoms with van der Waals surface area (Å²) in [6, 6.07) is 0. The van der Waals surface area contributed by atoms with Gasteiger partial charge in [-0.05, 0) is 6.42 Å². The SMILES string of the molecule is CCCCCCCCCCCCCCCCCCCCCCCCCCCCCCCCCCCCCC(=O)OCC(O)COP(=O)(O)OCCN. The first-order valence-corrected chi connectivity index (χ1v) is 24.1. The molecular formula is C43H88NO7P. The van der Waals surface area contributed by atoms with E-state index in [2.05, 4.69) is 16.0 Å². The van der Waals surface area contributed by atoms with Crippen LogP contribution in [0.2, 0.25) is 0 Å². The molecule has 0 radical (unpaired) electrons. The van der Waals surface area contributed by atoms with Gasteiger partial charge in [0.25, 0.3) is 0 Å². The highest BCUT2D eigenvalue weighted by Gasteiger charge is 2.22. The van der Waals surface area contributed by atoms with Crippen molar-refractivity contribution in [2.24, 2.45) is 5.73 Å². The molecule has 0 saturated heterocycles. The van der Waals surface area contributed by atoms with Gasteiger partial charge < -0.3 is 20.5 Å². The molecule has 0 aliphatic carbocycles. The highest BCUT2D eigenvalue weighted by atomic mass is 31.2. The summed E-state index contributed by atoms with van der Waals surface area (Å²) in [7, 11) is -4.25. The minimum Gasteiger partial charge on any atom is -0.463 e. The Kier molecular flexibility index (Phi) is 41.3. The minimum absolute atomic E-state index is 0.0772. The monoisotopic (exact) mass is 762 g/mol. The van der Waals surface area contributed by atoms with Gasteiger partial charge in [0.1, 0.15) is 12.7 Å². The van der Waals surface area contributed by atoms with Crippen LogP contribution in [0.25, 0.3) is 0 Å². The van der Waals surface area contributed by atoms with Gasteiger partial charge in [0.15, 0.2) is 0 Å². The Morgan fingerprint density at radius 3 is 1.08 bits per heavy atom. The van der Waals surface area contributed by atoms with E-state index in [1.165, 1.54) is 205 Å². The van der Waals surface area contributed by atoms with E-state index in [0.717, 1.165) is 19.3 Å². The van der Waals surface area contributed by atoms with Crippen molar-refractivity contribution in [1.29, 1.82) is 0 Å². The quantitative estimate of drug-likeness (QED) is 0.0318. The number of phosphoric ester groups is 1. The molecule has 52 heavy (non-hydrogen) atoms. The molecule has 0 amide bonds. The smallest absolute Gasteiger partial charge is 0.463 e. The summed E-state index contributed by atoms with van der Waals surface area (Å²) < 4.78 is 25.8. The third kappa shape index (κ3) is 42.2. The largest absolute Gasteiger partial charge is 0.472 e. The lowest BCUT2D eigenvalue weighted by Crippen LogP contribution is -2.23. The third-order valence-electron chi connectivity index (χ3n) is 10.2. The zero-order valence-corrected chi connectivity index (χ0v) is 35.2. The van der Waals surface area contributed by atoms with E-state index >= 15 is 0 Å². The fraction of sp³-hybridized carbons (Fsp3) is 0.977. The second kappa shape index (κ2) is 41.7. The van der Waals surface area contributed by atoms with E-state index in [0.29, 0.717) is 6.42 Å². The molecule has 312 valence electrons. The molecule has 0 aromatic heterocycles. The molecule has 8 nitrogen and oxygen atoms in total. The van der Waals surface area contributed by atoms with Crippen molar-refractivity contribution in [2.75, 3.05) is 26.4 Å². The molecule has 0 bridgehead atoms. The molecule has 0 aliphatic heterocycles. The zero-order valence-electron chi connectivity index (χ0n) is 34.3. The van der Waals surface area contributed by atoms with Crippen LogP contribution in [-0.4, -0.2) is 48.4 Å². The van der Waals surface area contributed by atoms with Gasteiger partial charge in [-0.15, -0.1) is 0 Å². The summed E-state index contributed by atoms with van der Waals surface area (Å²) in [6.07, 6.45) is 47.5. The highest BCUT2D eigenvalue weighted by Crippen LogP contribution is 2.42. The van der Waals surface area contributed by atoms with Gasteiger partial charge >= 0.3 is 13.8 Å². The number of rotatable bonds is 44. The Hall–Kier alpha value is -0.500. The Morgan fingerprint density at radius 2 is 0.788 bits per heavy atom. The molecule has 0 spiro atoms. The topological polar surface area (TPSA) is 128 Å². The Balaban J connectivity index is 3.21. The van der Waals surface area contributed by atoms with Gasteiger partial charge in [-0.3, -0.25) is 13.8 Å². The van der Waals surface area contributed by atoms with Crippen LogP contribution in [0, 0.1) is 0 Å². The normalized spacial score (nSPS) is 13.4.